The zero-order valence-electron chi connectivity index (χ0n) is 10.4. The van der Waals surface area contributed by atoms with E-state index in [0.717, 1.165) is 6.07 Å². The monoisotopic (exact) mass is 311 g/mol. The van der Waals surface area contributed by atoms with Crippen molar-refractivity contribution in [3.63, 3.8) is 0 Å². The Morgan fingerprint density at radius 1 is 1.45 bits per heavy atom. The van der Waals surface area contributed by atoms with Crippen LogP contribution in [-0.4, -0.2) is 17.2 Å². The molecule has 0 aromatic heterocycles. The lowest BCUT2D eigenvalue weighted by Crippen LogP contribution is -2.28. The van der Waals surface area contributed by atoms with Gasteiger partial charge in [0.05, 0.1) is 17.2 Å². The summed E-state index contributed by atoms with van der Waals surface area (Å²) in [6, 6.07) is 1.14. The summed E-state index contributed by atoms with van der Waals surface area (Å²) in [6.45, 7) is 1.70. The Balaban J connectivity index is 0.00000200. The van der Waals surface area contributed by atoms with Gasteiger partial charge in [0.15, 0.2) is 0 Å². The smallest absolute Gasteiger partial charge is 0.417 e. The predicted molar refractivity (Wildman–Crippen MR) is 67.3 cm³/mol. The van der Waals surface area contributed by atoms with Gasteiger partial charge < -0.3 is 15.6 Å². The van der Waals surface area contributed by atoms with Crippen molar-refractivity contribution in [1.29, 1.82) is 0 Å². The fourth-order valence-corrected chi connectivity index (χ4v) is 2.15. The molecule has 112 valence electrons. The van der Waals surface area contributed by atoms with Crippen molar-refractivity contribution in [3.8, 4) is 5.75 Å². The Kier molecular flexibility index (Phi) is 4.55. The first-order valence-electron chi connectivity index (χ1n) is 5.61. The molecule has 20 heavy (non-hydrogen) atoms. The van der Waals surface area contributed by atoms with Gasteiger partial charge in [-0.15, -0.1) is 12.4 Å². The van der Waals surface area contributed by atoms with E-state index in [1.54, 1.807) is 6.92 Å². The number of carbonyl (C=O) groups is 1. The molecule has 0 aliphatic carbocycles. The van der Waals surface area contributed by atoms with Crippen LogP contribution < -0.4 is 10.5 Å². The minimum Gasteiger partial charge on any atom is -0.490 e. The Morgan fingerprint density at radius 3 is 2.55 bits per heavy atom. The normalized spacial score (nSPS) is 21.4. The van der Waals surface area contributed by atoms with Crippen LogP contribution in [-0.2, 0) is 6.18 Å². The lowest BCUT2D eigenvalue weighted by molar-refractivity contribution is -0.138. The first-order valence-corrected chi connectivity index (χ1v) is 5.61. The molecule has 1 heterocycles. The third-order valence-electron chi connectivity index (χ3n) is 3.00. The van der Waals surface area contributed by atoms with Crippen LogP contribution in [0.25, 0.3) is 0 Å². The summed E-state index contributed by atoms with van der Waals surface area (Å²) >= 11 is 0. The molecule has 0 bridgehead atoms. The van der Waals surface area contributed by atoms with Crippen LogP contribution in [0.2, 0.25) is 0 Å². The maximum atomic E-state index is 12.8. The van der Waals surface area contributed by atoms with Crippen LogP contribution in [0.1, 0.15) is 40.9 Å². The summed E-state index contributed by atoms with van der Waals surface area (Å²) < 4.78 is 43.8. The van der Waals surface area contributed by atoms with E-state index in [1.165, 1.54) is 0 Å². The lowest BCUT2D eigenvalue weighted by Gasteiger charge is -2.29. The number of aromatic carboxylic acids is 1. The number of halogens is 4. The minimum absolute atomic E-state index is 0. The third-order valence-corrected chi connectivity index (χ3v) is 3.00. The molecule has 0 radical (unpaired) electrons. The van der Waals surface area contributed by atoms with Crippen molar-refractivity contribution in [3.05, 3.63) is 28.8 Å². The number of hydrogen-bond acceptors (Lipinski definition) is 3. The van der Waals surface area contributed by atoms with Crippen molar-refractivity contribution < 1.29 is 27.8 Å². The number of hydrogen-bond donors (Lipinski definition) is 2. The highest BCUT2D eigenvalue weighted by Gasteiger charge is 2.38. The number of rotatable bonds is 1. The van der Waals surface area contributed by atoms with Crippen molar-refractivity contribution in [2.75, 3.05) is 0 Å². The number of alkyl halides is 3. The topological polar surface area (TPSA) is 72.6 Å². The fourth-order valence-electron chi connectivity index (χ4n) is 2.15. The number of benzene rings is 1. The molecule has 3 N–H and O–H groups in total. The van der Waals surface area contributed by atoms with Gasteiger partial charge in [-0.2, -0.15) is 13.2 Å². The fraction of sp³-hybridized carbons (Fsp3) is 0.417. The average molecular weight is 312 g/mol. The molecule has 4 nitrogen and oxygen atoms in total. The Hall–Kier alpha value is -1.47. The van der Waals surface area contributed by atoms with E-state index in [2.05, 4.69) is 0 Å². The number of carboxylic acids is 1. The molecule has 8 heteroatoms. The van der Waals surface area contributed by atoms with E-state index in [0.29, 0.717) is 18.1 Å². The maximum Gasteiger partial charge on any atom is 0.417 e. The average Bonchev–Trinajstić information content (AvgIpc) is 2.25. The highest BCUT2D eigenvalue weighted by Crippen LogP contribution is 2.40. The van der Waals surface area contributed by atoms with Crippen molar-refractivity contribution in [2.45, 2.75) is 31.7 Å². The van der Waals surface area contributed by atoms with Crippen molar-refractivity contribution >= 4 is 18.4 Å². The van der Waals surface area contributed by atoms with Gasteiger partial charge >= 0.3 is 12.1 Å². The highest BCUT2D eigenvalue weighted by atomic mass is 35.5. The Labute approximate surface area is 119 Å². The van der Waals surface area contributed by atoms with Gasteiger partial charge in [0.2, 0.25) is 0 Å². The molecule has 0 spiro atoms. The van der Waals surface area contributed by atoms with Crippen LogP contribution in [0.15, 0.2) is 12.1 Å². The summed E-state index contributed by atoms with van der Waals surface area (Å²) in [5.41, 5.74) is 4.08. The molecule has 2 atom stereocenters. The largest absolute Gasteiger partial charge is 0.490 e. The zero-order valence-corrected chi connectivity index (χ0v) is 11.2. The minimum atomic E-state index is -4.75. The van der Waals surface area contributed by atoms with E-state index in [1.807, 2.05) is 0 Å². The van der Waals surface area contributed by atoms with Gasteiger partial charge in [-0.05, 0) is 19.1 Å². The molecule has 0 amide bonds. The standard InChI is InChI=1S/C12H12F3NO3.ClH/c1-5-2-9(16)7-3-6(11(17)18)8(12(13,14)15)4-10(7)19-5;/h3-5,9H,2,16H2,1H3,(H,17,18);1H/t5-,9?;/m1./s1. The zero-order chi connectivity index (χ0) is 14.4. The molecular formula is C12H13ClF3NO3. The van der Waals surface area contributed by atoms with Crippen molar-refractivity contribution in [1.82, 2.24) is 0 Å². The molecule has 1 aliphatic heterocycles. The van der Waals surface area contributed by atoms with Gasteiger partial charge in [0, 0.05) is 18.0 Å². The summed E-state index contributed by atoms with van der Waals surface area (Å²) in [5, 5.41) is 8.89. The number of nitrogens with two attached hydrogens (primary N) is 1. The second-order valence-electron chi connectivity index (χ2n) is 4.51. The predicted octanol–water partition coefficient (Wildman–Crippen LogP) is 3.00. The van der Waals surface area contributed by atoms with Gasteiger partial charge in [0.1, 0.15) is 5.75 Å². The van der Waals surface area contributed by atoms with E-state index >= 15 is 0 Å². The van der Waals surface area contributed by atoms with Crippen LogP contribution in [0.3, 0.4) is 0 Å². The van der Waals surface area contributed by atoms with Gasteiger partial charge in [-0.3, -0.25) is 0 Å². The molecule has 1 unspecified atom stereocenters. The molecular weight excluding hydrogens is 299 g/mol. The summed E-state index contributed by atoms with van der Waals surface area (Å²) in [7, 11) is 0. The molecule has 1 aromatic carbocycles. The molecule has 2 rings (SSSR count). The van der Waals surface area contributed by atoms with E-state index < -0.39 is 29.3 Å². The maximum absolute atomic E-state index is 12.8. The highest BCUT2D eigenvalue weighted by molar-refractivity contribution is 5.90. The van der Waals surface area contributed by atoms with Gasteiger partial charge in [-0.1, -0.05) is 0 Å². The van der Waals surface area contributed by atoms with Gasteiger partial charge in [-0.25, -0.2) is 4.79 Å². The van der Waals surface area contributed by atoms with E-state index in [4.69, 9.17) is 15.6 Å². The second-order valence-corrected chi connectivity index (χ2v) is 4.51. The summed E-state index contributed by atoms with van der Waals surface area (Å²) in [5.74, 6) is -1.63. The molecule has 1 aliphatic rings. The molecule has 0 fully saturated rings. The van der Waals surface area contributed by atoms with E-state index in [9.17, 15) is 18.0 Å². The number of ether oxygens (including phenoxy) is 1. The van der Waals surface area contributed by atoms with Crippen LogP contribution in [0.4, 0.5) is 13.2 Å². The second kappa shape index (κ2) is 5.49. The Morgan fingerprint density at radius 2 is 2.05 bits per heavy atom. The van der Waals surface area contributed by atoms with Crippen LogP contribution >= 0.6 is 12.4 Å². The first kappa shape index (κ1) is 16.6. The number of fused-ring (bicyclic) bond motifs is 1. The SMILES string of the molecule is C[C@@H]1CC(N)c2cc(C(=O)O)c(C(F)(F)F)cc2O1.Cl. The van der Waals surface area contributed by atoms with E-state index in [-0.39, 0.29) is 24.3 Å². The van der Waals surface area contributed by atoms with Gasteiger partial charge in [0.25, 0.3) is 0 Å². The lowest BCUT2D eigenvalue weighted by atomic mass is 9.93. The summed E-state index contributed by atoms with van der Waals surface area (Å²) in [6.07, 6.45) is -4.63. The molecule has 1 aromatic rings. The third kappa shape index (κ3) is 2.99. The van der Waals surface area contributed by atoms with Crippen LogP contribution in [0, 0.1) is 0 Å². The Bertz CT molecular complexity index is 533. The number of carboxylic acid groups (broad SMARTS) is 1. The van der Waals surface area contributed by atoms with Crippen molar-refractivity contribution in [2.24, 2.45) is 5.73 Å². The summed E-state index contributed by atoms with van der Waals surface area (Å²) in [4.78, 5) is 10.9. The molecule has 0 saturated carbocycles. The van der Waals surface area contributed by atoms with Crippen LogP contribution in [0.5, 0.6) is 5.75 Å². The molecule has 0 saturated heterocycles. The first-order chi connectivity index (χ1) is 8.70. The quantitative estimate of drug-likeness (QED) is 0.836.